The van der Waals surface area contributed by atoms with Gasteiger partial charge in [0.25, 0.3) is 0 Å². The normalized spacial score (nSPS) is 10.3. The topological polar surface area (TPSA) is 25.8 Å². The van der Waals surface area contributed by atoms with E-state index < -0.39 is 0 Å². The number of hydrogen-bond donors (Lipinski definition) is 0. The lowest BCUT2D eigenvalue weighted by Gasteiger charge is -2.02. The van der Waals surface area contributed by atoms with E-state index in [0.717, 1.165) is 5.01 Å². The van der Waals surface area contributed by atoms with Crippen molar-refractivity contribution in [2.45, 2.75) is 6.92 Å². The van der Waals surface area contributed by atoms with Gasteiger partial charge in [-0.05, 0) is 35.1 Å². The molecule has 0 atom stereocenters. The van der Waals surface area contributed by atoms with Gasteiger partial charge in [0.2, 0.25) is 0 Å². The zero-order chi connectivity index (χ0) is 9.26. The predicted octanol–water partition coefficient (Wildman–Crippen LogP) is 3.12. The van der Waals surface area contributed by atoms with Gasteiger partial charge in [-0.15, -0.1) is 10.2 Å². The molecule has 66 valence electrons. The summed E-state index contributed by atoms with van der Waals surface area (Å²) in [6, 6.07) is 6.23. The highest BCUT2D eigenvalue weighted by Gasteiger charge is 2.06. The molecule has 0 fully saturated rings. The molecule has 2 rings (SSSR count). The third-order valence-electron chi connectivity index (χ3n) is 1.78. The number of hydrogen-bond acceptors (Lipinski definition) is 3. The van der Waals surface area contributed by atoms with Crippen molar-refractivity contribution in [2.75, 3.05) is 0 Å². The van der Waals surface area contributed by atoms with E-state index >= 15 is 0 Å². The van der Waals surface area contributed by atoms with Gasteiger partial charge in [-0.1, -0.05) is 29.5 Å². The van der Waals surface area contributed by atoms with Gasteiger partial charge in [-0.3, -0.25) is 0 Å². The molecule has 13 heavy (non-hydrogen) atoms. The van der Waals surface area contributed by atoms with E-state index in [1.807, 2.05) is 6.07 Å². The minimum atomic E-state index is 0.994. The van der Waals surface area contributed by atoms with E-state index in [2.05, 4.69) is 51.8 Å². The Labute approximate surface area is 94.2 Å². The monoisotopic (exact) mass is 302 g/mol. The van der Waals surface area contributed by atoms with Crippen LogP contribution in [0.25, 0.3) is 10.6 Å². The molecule has 0 saturated heterocycles. The summed E-state index contributed by atoms with van der Waals surface area (Å²) in [6.45, 7) is 2.10. The molecule has 2 nitrogen and oxygen atoms in total. The second kappa shape index (κ2) is 3.71. The highest BCUT2D eigenvalue weighted by atomic mass is 127. The molecule has 0 unspecified atom stereocenters. The Bertz CT molecular complexity index is 412. The first kappa shape index (κ1) is 9.08. The number of rotatable bonds is 1. The molecule has 1 aromatic heterocycles. The fourth-order valence-corrected chi connectivity index (χ4v) is 2.49. The molecule has 2 aromatic rings. The van der Waals surface area contributed by atoms with Gasteiger partial charge in [0, 0.05) is 9.13 Å². The Morgan fingerprint density at radius 2 is 2.23 bits per heavy atom. The molecule has 1 aromatic carbocycles. The maximum atomic E-state index is 4.05. The van der Waals surface area contributed by atoms with Crippen LogP contribution in [-0.2, 0) is 0 Å². The van der Waals surface area contributed by atoms with E-state index in [9.17, 15) is 0 Å². The second-order valence-corrected chi connectivity index (χ2v) is 4.59. The van der Waals surface area contributed by atoms with Gasteiger partial charge >= 0.3 is 0 Å². The van der Waals surface area contributed by atoms with Gasteiger partial charge in [-0.2, -0.15) is 0 Å². The molecule has 0 saturated carbocycles. The Morgan fingerprint density at radius 1 is 1.38 bits per heavy atom. The molecule has 0 spiro atoms. The van der Waals surface area contributed by atoms with Crippen LogP contribution >= 0.6 is 33.9 Å². The third-order valence-corrected chi connectivity index (χ3v) is 3.94. The molecule has 0 N–H and O–H groups in total. The smallest absolute Gasteiger partial charge is 0.147 e. The van der Waals surface area contributed by atoms with Gasteiger partial charge in [0.05, 0.1) is 0 Å². The first-order valence-corrected chi connectivity index (χ1v) is 5.76. The minimum Gasteiger partial charge on any atom is -0.147 e. The first-order chi connectivity index (χ1) is 6.29. The summed E-state index contributed by atoms with van der Waals surface area (Å²) < 4.78 is 1.26. The maximum absolute atomic E-state index is 4.05. The first-order valence-electron chi connectivity index (χ1n) is 3.80. The van der Waals surface area contributed by atoms with Crippen molar-refractivity contribution < 1.29 is 0 Å². The molecular formula is C9H7IN2S. The summed E-state index contributed by atoms with van der Waals surface area (Å²) in [4.78, 5) is 0. The Kier molecular flexibility index (Phi) is 2.59. The Hall–Kier alpha value is -0.490. The summed E-state index contributed by atoms with van der Waals surface area (Å²) >= 11 is 3.92. The minimum absolute atomic E-state index is 0.994. The van der Waals surface area contributed by atoms with Crippen LogP contribution in [0.4, 0.5) is 0 Å². The molecule has 4 heteroatoms. The number of aryl methyl sites for hydroxylation is 1. The van der Waals surface area contributed by atoms with Gasteiger partial charge in [-0.25, -0.2) is 0 Å². The summed E-state index contributed by atoms with van der Waals surface area (Å²) in [5, 5.41) is 8.88. The summed E-state index contributed by atoms with van der Waals surface area (Å²) in [6.07, 6.45) is 0. The van der Waals surface area contributed by atoms with Crippen LogP contribution in [0, 0.1) is 10.5 Å². The lowest BCUT2D eigenvalue weighted by atomic mass is 10.1. The molecule has 0 aliphatic heterocycles. The standard InChI is InChI=1S/C9H7IN2S/c1-6-3-2-4-7(8(6)10)9-12-11-5-13-9/h2-5H,1H3. The predicted molar refractivity (Wildman–Crippen MR) is 62.8 cm³/mol. The molecule has 0 bridgehead atoms. The molecular weight excluding hydrogens is 295 g/mol. The highest BCUT2D eigenvalue weighted by molar-refractivity contribution is 14.1. The van der Waals surface area contributed by atoms with Crippen LogP contribution in [0.2, 0.25) is 0 Å². The molecule has 0 aliphatic carbocycles. The van der Waals surface area contributed by atoms with Crippen molar-refractivity contribution in [3.05, 3.63) is 32.8 Å². The fourth-order valence-electron chi connectivity index (χ4n) is 1.10. The lowest BCUT2D eigenvalue weighted by molar-refractivity contribution is 1.09. The quantitative estimate of drug-likeness (QED) is 0.756. The van der Waals surface area contributed by atoms with Gasteiger partial charge < -0.3 is 0 Å². The SMILES string of the molecule is Cc1cccc(-c2nncs2)c1I. The number of benzene rings is 1. The summed E-state index contributed by atoms with van der Waals surface area (Å²) in [7, 11) is 0. The van der Waals surface area contributed by atoms with Crippen molar-refractivity contribution in [3.8, 4) is 10.6 Å². The van der Waals surface area contributed by atoms with Crippen molar-refractivity contribution in [1.29, 1.82) is 0 Å². The van der Waals surface area contributed by atoms with Crippen molar-refractivity contribution in [3.63, 3.8) is 0 Å². The lowest BCUT2D eigenvalue weighted by Crippen LogP contribution is -1.85. The molecule has 0 amide bonds. The summed E-state index contributed by atoms with van der Waals surface area (Å²) in [5.41, 5.74) is 4.23. The van der Waals surface area contributed by atoms with E-state index in [4.69, 9.17) is 0 Å². The summed E-state index contributed by atoms with van der Waals surface area (Å²) in [5.74, 6) is 0. The van der Waals surface area contributed by atoms with Crippen LogP contribution in [0.1, 0.15) is 5.56 Å². The van der Waals surface area contributed by atoms with Crippen LogP contribution in [-0.4, -0.2) is 10.2 Å². The van der Waals surface area contributed by atoms with Crippen molar-refractivity contribution in [1.82, 2.24) is 10.2 Å². The average molecular weight is 302 g/mol. The molecule has 1 heterocycles. The van der Waals surface area contributed by atoms with Crippen LogP contribution < -0.4 is 0 Å². The van der Waals surface area contributed by atoms with E-state index in [1.54, 1.807) is 16.8 Å². The number of halogens is 1. The second-order valence-electron chi connectivity index (χ2n) is 2.68. The average Bonchev–Trinajstić information content (AvgIpc) is 2.62. The fraction of sp³-hybridized carbons (Fsp3) is 0.111. The highest BCUT2D eigenvalue weighted by Crippen LogP contribution is 2.27. The van der Waals surface area contributed by atoms with E-state index in [1.165, 1.54) is 14.7 Å². The van der Waals surface area contributed by atoms with Gasteiger partial charge in [0.15, 0.2) is 0 Å². The van der Waals surface area contributed by atoms with Crippen LogP contribution in [0.15, 0.2) is 23.7 Å². The van der Waals surface area contributed by atoms with Crippen LogP contribution in [0.5, 0.6) is 0 Å². The van der Waals surface area contributed by atoms with Gasteiger partial charge in [0.1, 0.15) is 10.5 Å². The zero-order valence-electron chi connectivity index (χ0n) is 6.99. The Balaban J connectivity index is 2.59. The number of aromatic nitrogens is 2. The van der Waals surface area contributed by atoms with E-state index in [-0.39, 0.29) is 0 Å². The number of nitrogens with zero attached hydrogens (tertiary/aromatic N) is 2. The third kappa shape index (κ3) is 1.73. The van der Waals surface area contributed by atoms with Crippen molar-refractivity contribution >= 4 is 33.9 Å². The maximum Gasteiger partial charge on any atom is 0.148 e. The molecule has 0 radical (unpaired) electrons. The van der Waals surface area contributed by atoms with Crippen LogP contribution in [0.3, 0.4) is 0 Å². The van der Waals surface area contributed by atoms with E-state index in [0.29, 0.717) is 0 Å². The molecule has 0 aliphatic rings. The Morgan fingerprint density at radius 3 is 2.92 bits per heavy atom. The largest absolute Gasteiger partial charge is 0.148 e. The zero-order valence-corrected chi connectivity index (χ0v) is 9.96. The van der Waals surface area contributed by atoms with Crippen molar-refractivity contribution in [2.24, 2.45) is 0 Å².